The fraction of sp³-hybridized carbons (Fsp3) is 0.364. The summed E-state index contributed by atoms with van der Waals surface area (Å²) < 4.78 is 0. The van der Waals surface area contributed by atoms with Crippen LogP contribution in [-0.2, 0) is 6.42 Å². The van der Waals surface area contributed by atoms with E-state index < -0.39 is 0 Å². The number of rotatable bonds is 4. The molecule has 0 bridgehead atoms. The number of benzene rings is 1. The average molecular weight is 224 g/mol. The van der Waals surface area contributed by atoms with Crippen LogP contribution in [0.1, 0.15) is 12.5 Å². The van der Waals surface area contributed by atoms with Gasteiger partial charge in [0.15, 0.2) is 5.11 Å². The summed E-state index contributed by atoms with van der Waals surface area (Å²) in [5.74, 6) is 0. The van der Waals surface area contributed by atoms with Crippen molar-refractivity contribution in [3.8, 4) is 0 Å². The van der Waals surface area contributed by atoms with E-state index in [0.717, 1.165) is 12.1 Å². The van der Waals surface area contributed by atoms with E-state index in [9.17, 15) is 0 Å². The second kappa shape index (κ2) is 6.37. The summed E-state index contributed by atoms with van der Waals surface area (Å²) in [6.45, 7) is 2.67. The number of aryl methyl sites for hydroxylation is 1. The van der Waals surface area contributed by atoms with Crippen LogP contribution < -0.4 is 10.6 Å². The van der Waals surface area contributed by atoms with Crippen LogP contribution >= 0.6 is 12.2 Å². The Morgan fingerprint density at radius 2 is 2.00 bits per heavy atom. The molecule has 0 heterocycles. The largest absolute Gasteiger partial charge is 0.395 e. The number of anilines is 1. The van der Waals surface area contributed by atoms with E-state index in [1.807, 2.05) is 12.1 Å². The van der Waals surface area contributed by atoms with Gasteiger partial charge in [-0.15, -0.1) is 0 Å². The van der Waals surface area contributed by atoms with Crippen molar-refractivity contribution in [1.82, 2.24) is 5.32 Å². The molecule has 0 aliphatic heterocycles. The first-order valence-corrected chi connectivity index (χ1v) is 5.41. The molecule has 0 amide bonds. The molecule has 0 saturated carbocycles. The van der Waals surface area contributed by atoms with Gasteiger partial charge in [0.05, 0.1) is 6.61 Å². The van der Waals surface area contributed by atoms with Gasteiger partial charge in [0.2, 0.25) is 0 Å². The number of aliphatic hydroxyl groups is 1. The minimum atomic E-state index is 0.0800. The van der Waals surface area contributed by atoms with Crippen molar-refractivity contribution >= 4 is 23.0 Å². The molecule has 0 aromatic heterocycles. The van der Waals surface area contributed by atoms with Gasteiger partial charge in [0.25, 0.3) is 0 Å². The van der Waals surface area contributed by atoms with Crippen LogP contribution in [0.3, 0.4) is 0 Å². The SMILES string of the molecule is CCc1ccc(NC(=S)NCCO)cc1. The number of aliphatic hydroxyl groups excluding tert-OH is 1. The van der Waals surface area contributed by atoms with Crippen LogP contribution in [-0.4, -0.2) is 23.4 Å². The molecule has 0 saturated heterocycles. The standard InChI is InChI=1S/C11H16N2OS/c1-2-9-3-5-10(6-4-9)13-11(15)12-7-8-14/h3-6,14H,2,7-8H2,1H3,(H2,12,13,15). The van der Waals surface area contributed by atoms with Crippen molar-refractivity contribution in [1.29, 1.82) is 0 Å². The van der Waals surface area contributed by atoms with Crippen LogP contribution in [0.4, 0.5) is 5.69 Å². The van der Waals surface area contributed by atoms with Crippen LogP contribution in [0.25, 0.3) is 0 Å². The van der Waals surface area contributed by atoms with Gasteiger partial charge in [0.1, 0.15) is 0 Å². The molecule has 3 nitrogen and oxygen atoms in total. The molecule has 0 unspecified atom stereocenters. The number of nitrogens with one attached hydrogen (secondary N) is 2. The van der Waals surface area contributed by atoms with E-state index in [1.54, 1.807) is 0 Å². The maximum Gasteiger partial charge on any atom is 0.170 e. The first-order chi connectivity index (χ1) is 7.26. The van der Waals surface area contributed by atoms with E-state index in [1.165, 1.54) is 5.56 Å². The lowest BCUT2D eigenvalue weighted by Crippen LogP contribution is -2.30. The van der Waals surface area contributed by atoms with Crippen molar-refractivity contribution < 1.29 is 5.11 Å². The Kier molecular flexibility index (Phi) is 5.07. The Morgan fingerprint density at radius 1 is 1.33 bits per heavy atom. The zero-order valence-corrected chi connectivity index (χ0v) is 9.60. The number of hydrogen-bond donors (Lipinski definition) is 3. The van der Waals surface area contributed by atoms with Gasteiger partial charge in [-0.25, -0.2) is 0 Å². The fourth-order valence-corrected chi connectivity index (χ4v) is 1.39. The van der Waals surface area contributed by atoms with Gasteiger partial charge >= 0.3 is 0 Å². The summed E-state index contributed by atoms with van der Waals surface area (Å²) in [5, 5.41) is 15.1. The smallest absolute Gasteiger partial charge is 0.170 e. The second-order valence-electron chi connectivity index (χ2n) is 3.15. The topological polar surface area (TPSA) is 44.3 Å². The maximum absolute atomic E-state index is 8.60. The predicted molar refractivity (Wildman–Crippen MR) is 67.1 cm³/mol. The molecule has 1 aromatic carbocycles. The van der Waals surface area contributed by atoms with E-state index >= 15 is 0 Å². The quantitative estimate of drug-likeness (QED) is 0.679. The summed E-state index contributed by atoms with van der Waals surface area (Å²) in [6.07, 6.45) is 1.04. The highest BCUT2D eigenvalue weighted by Crippen LogP contribution is 2.09. The Bertz CT molecular complexity index is 311. The predicted octanol–water partition coefficient (Wildman–Crippen LogP) is 1.53. The Balaban J connectivity index is 2.46. The molecule has 0 aliphatic carbocycles. The highest BCUT2D eigenvalue weighted by Gasteiger charge is 1.96. The minimum Gasteiger partial charge on any atom is -0.395 e. The lowest BCUT2D eigenvalue weighted by molar-refractivity contribution is 0.301. The van der Waals surface area contributed by atoms with Crippen LogP contribution in [0.2, 0.25) is 0 Å². The highest BCUT2D eigenvalue weighted by molar-refractivity contribution is 7.80. The first kappa shape index (κ1) is 11.9. The summed E-state index contributed by atoms with van der Waals surface area (Å²) >= 11 is 5.03. The third-order valence-electron chi connectivity index (χ3n) is 2.02. The van der Waals surface area contributed by atoms with Crippen molar-refractivity contribution in [2.75, 3.05) is 18.5 Å². The molecule has 0 aliphatic rings. The van der Waals surface area contributed by atoms with Gasteiger partial charge in [0, 0.05) is 12.2 Å². The third-order valence-corrected chi connectivity index (χ3v) is 2.26. The molecule has 0 fully saturated rings. The molecule has 3 N–H and O–H groups in total. The van der Waals surface area contributed by atoms with Gasteiger partial charge in [-0.1, -0.05) is 19.1 Å². The molecule has 0 spiro atoms. The molecule has 0 atom stereocenters. The highest BCUT2D eigenvalue weighted by atomic mass is 32.1. The van der Waals surface area contributed by atoms with Crippen LogP contribution in [0.15, 0.2) is 24.3 Å². The average Bonchev–Trinajstić information content (AvgIpc) is 2.27. The lowest BCUT2D eigenvalue weighted by atomic mass is 10.1. The summed E-state index contributed by atoms with van der Waals surface area (Å²) in [4.78, 5) is 0. The van der Waals surface area contributed by atoms with Gasteiger partial charge in [-0.2, -0.15) is 0 Å². The molecule has 15 heavy (non-hydrogen) atoms. The molecule has 1 rings (SSSR count). The molecular formula is C11H16N2OS. The minimum absolute atomic E-state index is 0.0800. The maximum atomic E-state index is 8.60. The molecular weight excluding hydrogens is 208 g/mol. The van der Waals surface area contributed by atoms with Crippen molar-refractivity contribution in [3.63, 3.8) is 0 Å². The van der Waals surface area contributed by atoms with E-state index in [4.69, 9.17) is 17.3 Å². The van der Waals surface area contributed by atoms with Gasteiger partial charge < -0.3 is 15.7 Å². The summed E-state index contributed by atoms with van der Waals surface area (Å²) in [7, 11) is 0. The Hall–Kier alpha value is -1.13. The molecule has 0 radical (unpaired) electrons. The zero-order chi connectivity index (χ0) is 11.1. The van der Waals surface area contributed by atoms with Gasteiger partial charge in [-0.05, 0) is 36.3 Å². The van der Waals surface area contributed by atoms with E-state index in [0.29, 0.717) is 11.7 Å². The second-order valence-corrected chi connectivity index (χ2v) is 3.56. The summed E-state index contributed by atoms with van der Waals surface area (Å²) in [6, 6.07) is 8.12. The van der Waals surface area contributed by atoms with Crippen molar-refractivity contribution in [2.24, 2.45) is 0 Å². The Labute approximate surface area is 95.5 Å². The van der Waals surface area contributed by atoms with Crippen molar-refractivity contribution in [2.45, 2.75) is 13.3 Å². The normalized spacial score (nSPS) is 9.73. The Morgan fingerprint density at radius 3 is 2.53 bits per heavy atom. The van der Waals surface area contributed by atoms with E-state index in [2.05, 4.69) is 29.7 Å². The number of thiocarbonyl (C=S) groups is 1. The summed E-state index contributed by atoms with van der Waals surface area (Å²) in [5.41, 5.74) is 2.26. The fourth-order valence-electron chi connectivity index (χ4n) is 1.17. The van der Waals surface area contributed by atoms with E-state index in [-0.39, 0.29) is 6.61 Å². The molecule has 82 valence electrons. The third kappa shape index (κ3) is 4.27. The molecule has 4 heteroatoms. The monoisotopic (exact) mass is 224 g/mol. The van der Waals surface area contributed by atoms with Crippen LogP contribution in [0, 0.1) is 0 Å². The van der Waals surface area contributed by atoms with Gasteiger partial charge in [-0.3, -0.25) is 0 Å². The van der Waals surface area contributed by atoms with Crippen molar-refractivity contribution in [3.05, 3.63) is 29.8 Å². The van der Waals surface area contributed by atoms with Crippen LogP contribution in [0.5, 0.6) is 0 Å². The number of hydrogen-bond acceptors (Lipinski definition) is 2. The molecule has 1 aromatic rings. The lowest BCUT2D eigenvalue weighted by Gasteiger charge is -2.09. The zero-order valence-electron chi connectivity index (χ0n) is 8.79. The first-order valence-electron chi connectivity index (χ1n) is 5.01.